The molecule has 3 rings (SSSR count). The summed E-state index contributed by atoms with van der Waals surface area (Å²) in [4.78, 5) is 50.0. The van der Waals surface area contributed by atoms with Gasteiger partial charge in [-0.05, 0) is 44.7 Å². The van der Waals surface area contributed by atoms with Gasteiger partial charge in [0.15, 0.2) is 11.6 Å². The minimum Gasteiger partial charge on any atom is -0.480 e. The standard InChI is InChI=1S/C29H40ClN7O8/c1-13-16-6-5-7-17(30)25(16)45-24(13)23(40)22(29(43)44)37-19(39)8-3-4-10-35-27(41)18(36-28(42)20(31)14(2)38)12-15-9-11-34-21(15)26(32)33/h5-7,9,14,18,20-23,34,38,40H,3-4,8,10-12,31H2,1-2H3,(H3,32,33)(H,35,41)(H,36,42)(H,37,39)(H,43,44). The van der Waals surface area contributed by atoms with E-state index in [9.17, 15) is 34.5 Å². The van der Waals surface area contributed by atoms with Gasteiger partial charge >= 0.3 is 5.97 Å². The lowest BCUT2D eigenvalue weighted by Crippen LogP contribution is -2.55. The van der Waals surface area contributed by atoms with Gasteiger partial charge in [0.2, 0.25) is 17.7 Å². The lowest BCUT2D eigenvalue weighted by molar-refractivity contribution is -0.145. The second kappa shape index (κ2) is 15.8. The molecule has 0 spiro atoms. The zero-order valence-corrected chi connectivity index (χ0v) is 25.7. The number of halogens is 1. The van der Waals surface area contributed by atoms with Gasteiger partial charge in [-0.15, -0.1) is 0 Å². The first-order valence-electron chi connectivity index (χ1n) is 14.4. The van der Waals surface area contributed by atoms with Gasteiger partial charge in [-0.25, -0.2) is 4.79 Å². The number of carboxylic acids is 1. The van der Waals surface area contributed by atoms with Crippen LogP contribution in [0.25, 0.3) is 11.0 Å². The molecule has 246 valence electrons. The molecule has 0 radical (unpaired) electrons. The number of carboxylic acid groups (broad SMARTS) is 1. The number of para-hydroxylation sites is 1. The Morgan fingerprint density at radius 1 is 1.18 bits per heavy atom. The van der Waals surface area contributed by atoms with Crippen LogP contribution in [0, 0.1) is 12.3 Å². The Labute approximate surface area is 264 Å². The Morgan fingerprint density at radius 2 is 1.89 bits per heavy atom. The molecule has 6 atom stereocenters. The first-order valence-corrected chi connectivity index (χ1v) is 14.8. The molecule has 1 aliphatic rings. The van der Waals surface area contributed by atoms with Crippen LogP contribution in [0.1, 0.15) is 50.0 Å². The van der Waals surface area contributed by atoms with Crippen molar-refractivity contribution in [3.05, 3.63) is 46.2 Å². The second-order valence-electron chi connectivity index (χ2n) is 10.9. The number of amidine groups is 1. The summed E-state index contributed by atoms with van der Waals surface area (Å²) in [6.07, 6.45) is -0.526. The molecule has 1 aromatic carbocycles. The number of fused-ring (bicyclic) bond motifs is 1. The molecule has 45 heavy (non-hydrogen) atoms. The highest BCUT2D eigenvalue weighted by molar-refractivity contribution is 6.34. The largest absolute Gasteiger partial charge is 0.480 e. The first kappa shape index (κ1) is 35.5. The predicted octanol–water partition coefficient (Wildman–Crippen LogP) is -0.299. The van der Waals surface area contributed by atoms with Crippen molar-refractivity contribution >= 4 is 52.1 Å². The maximum atomic E-state index is 13.0. The Balaban J connectivity index is 1.54. The van der Waals surface area contributed by atoms with E-state index in [-0.39, 0.29) is 37.4 Å². The van der Waals surface area contributed by atoms with Crippen molar-refractivity contribution in [2.24, 2.45) is 11.5 Å². The van der Waals surface area contributed by atoms with Crippen LogP contribution in [-0.2, 0) is 19.2 Å². The molecule has 6 unspecified atom stereocenters. The third-order valence-corrected chi connectivity index (χ3v) is 7.81. The van der Waals surface area contributed by atoms with Crippen LogP contribution in [0.5, 0.6) is 0 Å². The summed E-state index contributed by atoms with van der Waals surface area (Å²) >= 11 is 6.16. The summed E-state index contributed by atoms with van der Waals surface area (Å²) in [6.45, 7) is 3.55. The van der Waals surface area contributed by atoms with Crippen molar-refractivity contribution in [3.8, 4) is 0 Å². The highest BCUT2D eigenvalue weighted by Gasteiger charge is 2.34. The van der Waals surface area contributed by atoms with Crippen molar-refractivity contribution in [2.75, 3.05) is 13.1 Å². The quantitative estimate of drug-likeness (QED) is 0.0488. The summed E-state index contributed by atoms with van der Waals surface area (Å²) < 4.78 is 5.66. The normalized spacial score (nSPS) is 17.9. The number of carbonyl (C=O) groups is 4. The van der Waals surface area contributed by atoms with Gasteiger partial charge in [-0.2, -0.15) is 0 Å². The minimum atomic E-state index is -1.69. The van der Waals surface area contributed by atoms with Crippen molar-refractivity contribution < 1.29 is 38.9 Å². The SMILES string of the molecule is Cc1c(C(O)C(NC(=O)CCCCNC(=O)C(CC2=CCNC2C(=N)N)NC(=O)C(N)C(C)O)C(=O)O)oc2c(Cl)cccc12. The number of aryl methyl sites for hydroxylation is 1. The number of amides is 3. The fourth-order valence-corrected chi connectivity index (χ4v) is 5.14. The molecule has 12 N–H and O–H groups in total. The minimum absolute atomic E-state index is 0.0247. The number of carbonyl (C=O) groups excluding carboxylic acids is 3. The third-order valence-electron chi connectivity index (χ3n) is 7.51. The maximum absolute atomic E-state index is 13.0. The molecular formula is C29H40ClN7O8. The fraction of sp³-hybridized carbons (Fsp3) is 0.483. The van der Waals surface area contributed by atoms with Gasteiger partial charge in [0.1, 0.15) is 29.8 Å². The summed E-state index contributed by atoms with van der Waals surface area (Å²) in [7, 11) is 0. The van der Waals surface area contributed by atoms with E-state index in [2.05, 4.69) is 21.3 Å². The lowest BCUT2D eigenvalue weighted by atomic mass is 9.99. The van der Waals surface area contributed by atoms with E-state index in [1.165, 1.54) is 6.92 Å². The molecule has 16 heteroatoms. The summed E-state index contributed by atoms with van der Waals surface area (Å²) in [5, 5.41) is 49.4. The average molecular weight is 650 g/mol. The van der Waals surface area contributed by atoms with E-state index in [4.69, 9.17) is 32.9 Å². The van der Waals surface area contributed by atoms with E-state index in [0.29, 0.717) is 40.1 Å². The van der Waals surface area contributed by atoms with Gasteiger partial charge in [-0.3, -0.25) is 19.8 Å². The number of benzene rings is 1. The van der Waals surface area contributed by atoms with Gasteiger partial charge in [0, 0.05) is 30.5 Å². The van der Waals surface area contributed by atoms with Gasteiger partial charge in [-0.1, -0.05) is 29.8 Å². The predicted molar refractivity (Wildman–Crippen MR) is 165 cm³/mol. The van der Waals surface area contributed by atoms with E-state index in [1.807, 2.05) is 0 Å². The molecule has 1 aromatic heterocycles. The summed E-state index contributed by atoms with van der Waals surface area (Å²) in [5.74, 6) is -3.54. The van der Waals surface area contributed by atoms with Crippen LogP contribution in [-0.4, -0.2) is 88.2 Å². The molecule has 1 aliphatic heterocycles. The lowest BCUT2D eigenvalue weighted by Gasteiger charge is -2.24. The first-order chi connectivity index (χ1) is 21.2. The topological polar surface area (TPSA) is 266 Å². The number of aliphatic hydroxyl groups excluding tert-OH is 2. The van der Waals surface area contributed by atoms with Crippen LogP contribution < -0.4 is 32.7 Å². The molecule has 3 amide bonds. The maximum Gasteiger partial charge on any atom is 0.329 e. The van der Waals surface area contributed by atoms with Crippen molar-refractivity contribution in [2.45, 2.75) is 75.9 Å². The number of aliphatic carboxylic acids is 1. The van der Waals surface area contributed by atoms with Gasteiger partial charge in [0.05, 0.1) is 17.2 Å². The molecule has 0 aliphatic carbocycles. The zero-order chi connectivity index (χ0) is 33.4. The summed E-state index contributed by atoms with van der Waals surface area (Å²) in [6, 6.07) is 0.400. The smallest absolute Gasteiger partial charge is 0.329 e. The number of unbranched alkanes of at least 4 members (excludes halogenated alkanes) is 1. The molecule has 15 nitrogen and oxygen atoms in total. The Bertz CT molecular complexity index is 1460. The van der Waals surface area contributed by atoms with Crippen LogP contribution in [0.3, 0.4) is 0 Å². The number of hydrogen-bond donors (Lipinski definition) is 10. The van der Waals surface area contributed by atoms with Crippen molar-refractivity contribution in [3.63, 3.8) is 0 Å². The number of furan rings is 1. The highest BCUT2D eigenvalue weighted by atomic mass is 35.5. The molecule has 0 fully saturated rings. The highest BCUT2D eigenvalue weighted by Crippen LogP contribution is 2.34. The third kappa shape index (κ3) is 9.02. The van der Waals surface area contributed by atoms with Crippen molar-refractivity contribution in [1.82, 2.24) is 21.3 Å². The Kier molecular flexibility index (Phi) is 12.5. The summed E-state index contributed by atoms with van der Waals surface area (Å²) in [5.41, 5.74) is 12.8. The fourth-order valence-electron chi connectivity index (χ4n) is 4.93. The number of rotatable bonds is 16. The monoisotopic (exact) mass is 649 g/mol. The molecular weight excluding hydrogens is 610 g/mol. The van der Waals surface area contributed by atoms with E-state index in [0.717, 1.165) is 0 Å². The van der Waals surface area contributed by atoms with Gasteiger partial charge < -0.3 is 52.5 Å². The second-order valence-corrected chi connectivity index (χ2v) is 11.3. The molecule has 0 saturated heterocycles. The zero-order valence-electron chi connectivity index (χ0n) is 24.9. The molecule has 0 saturated carbocycles. The molecule has 0 bridgehead atoms. The van der Waals surface area contributed by atoms with Crippen molar-refractivity contribution in [1.29, 1.82) is 5.41 Å². The van der Waals surface area contributed by atoms with Crippen LogP contribution in [0.2, 0.25) is 5.02 Å². The number of nitrogens with two attached hydrogens (primary N) is 2. The van der Waals surface area contributed by atoms with Crippen LogP contribution >= 0.6 is 11.6 Å². The number of hydrogen-bond acceptors (Lipinski definition) is 10. The Hall–Kier alpha value is -4.02. The molecule has 2 aromatic rings. The van der Waals surface area contributed by atoms with E-state index < -0.39 is 60.1 Å². The average Bonchev–Trinajstić information content (AvgIpc) is 3.59. The van der Waals surface area contributed by atoms with E-state index in [1.54, 1.807) is 31.2 Å². The van der Waals surface area contributed by atoms with Gasteiger partial charge in [0.25, 0.3) is 0 Å². The number of aliphatic hydroxyl groups is 2. The van der Waals surface area contributed by atoms with E-state index >= 15 is 0 Å². The number of nitrogens with one attached hydrogen (secondary N) is 5. The van der Waals surface area contributed by atoms with Crippen LogP contribution in [0.15, 0.2) is 34.3 Å². The Morgan fingerprint density at radius 3 is 2.51 bits per heavy atom. The molecule has 2 heterocycles. The van der Waals surface area contributed by atoms with Crippen LogP contribution in [0.4, 0.5) is 0 Å².